The maximum Gasteiger partial charge on any atom is 0.227 e. The Kier molecular flexibility index (Phi) is 4.59. The molecule has 1 aliphatic heterocycles. The predicted octanol–water partition coefficient (Wildman–Crippen LogP) is 2.13. The number of rotatable bonds is 4. The molecule has 0 bridgehead atoms. The van der Waals surface area contributed by atoms with Gasteiger partial charge in [-0.1, -0.05) is 0 Å². The van der Waals surface area contributed by atoms with Crippen LogP contribution in [-0.4, -0.2) is 36.7 Å². The van der Waals surface area contributed by atoms with Crippen LogP contribution in [0.3, 0.4) is 0 Å². The van der Waals surface area contributed by atoms with Crippen molar-refractivity contribution >= 4 is 22.9 Å². The van der Waals surface area contributed by atoms with Crippen molar-refractivity contribution in [3.63, 3.8) is 0 Å². The second-order valence-corrected chi connectivity index (χ2v) is 5.76. The van der Waals surface area contributed by atoms with Crippen molar-refractivity contribution in [2.75, 3.05) is 25.0 Å². The third-order valence-corrected chi connectivity index (χ3v) is 4.09. The zero-order valence-corrected chi connectivity index (χ0v) is 12.4. The van der Waals surface area contributed by atoms with E-state index in [1.165, 1.54) is 0 Å². The molecule has 2 aromatic rings. The molecule has 1 aliphatic rings. The molecule has 0 saturated carbocycles. The number of carbonyl (C=O) groups is 1. The number of morpholine rings is 1. The van der Waals surface area contributed by atoms with Gasteiger partial charge in [0.15, 0.2) is 0 Å². The number of carbonyl (C=O) groups excluding carboxylic acids is 1. The van der Waals surface area contributed by atoms with Crippen molar-refractivity contribution in [2.24, 2.45) is 0 Å². The monoisotopic (exact) mass is 303 g/mol. The van der Waals surface area contributed by atoms with E-state index in [9.17, 15) is 4.79 Å². The first-order valence-electron chi connectivity index (χ1n) is 6.93. The van der Waals surface area contributed by atoms with Gasteiger partial charge in [-0.2, -0.15) is 0 Å². The minimum Gasteiger partial charge on any atom is -0.375 e. The van der Waals surface area contributed by atoms with Crippen molar-refractivity contribution in [1.29, 1.82) is 0 Å². The first-order chi connectivity index (χ1) is 10.3. The Morgan fingerprint density at radius 3 is 2.95 bits per heavy atom. The van der Waals surface area contributed by atoms with Crippen molar-refractivity contribution in [1.82, 2.24) is 10.3 Å². The summed E-state index contributed by atoms with van der Waals surface area (Å²) in [4.78, 5) is 16.2. The fraction of sp³-hybridized carbons (Fsp3) is 0.333. The van der Waals surface area contributed by atoms with Crippen LogP contribution in [0.1, 0.15) is 6.42 Å². The van der Waals surface area contributed by atoms with Gasteiger partial charge in [-0.15, -0.1) is 11.3 Å². The highest BCUT2D eigenvalue weighted by atomic mass is 32.1. The fourth-order valence-corrected chi connectivity index (χ4v) is 2.88. The molecule has 110 valence electrons. The molecule has 1 amide bonds. The molecule has 1 fully saturated rings. The fourth-order valence-electron chi connectivity index (χ4n) is 2.23. The number of anilines is 1. The third-order valence-electron chi connectivity index (χ3n) is 3.27. The molecule has 1 unspecified atom stereocenters. The lowest BCUT2D eigenvalue weighted by Crippen LogP contribution is -2.40. The largest absolute Gasteiger partial charge is 0.375 e. The van der Waals surface area contributed by atoms with Gasteiger partial charge in [-0.3, -0.25) is 4.79 Å². The summed E-state index contributed by atoms with van der Waals surface area (Å²) >= 11 is 1.60. The predicted molar refractivity (Wildman–Crippen MR) is 83.4 cm³/mol. The number of amides is 1. The minimum atomic E-state index is -0.0339. The van der Waals surface area contributed by atoms with Gasteiger partial charge in [0.25, 0.3) is 0 Å². The Labute approximate surface area is 127 Å². The van der Waals surface area contributed by atoms with Crippen LogP contribution < -0.4 is 10.6 Å². The van der Waals surface area contributed by atoms with E-state index in [4.69, 9.17) is 4.74 Å². The molecule has 2 N–H and O–H groups in total. The van der Waals surface area contributed by atoms with Gasteiger partial charge in [0.1, 0.15) is 5.01 Å². The molecule has 1 aromatic carbocycles. The summed E-state index contributed by atoms with van der Waals surface area (Å²) in [6.07, 6.45) is 2.13. The Balaban J connectivity index is 1.56. The molecule has 5 nitrogen and oxygen atoms in total. The highest BCUT2D eigenvalue weighted by molar-refractivity contribution is 7.13. The second kappa shape index (κ2) is 6.80. The van der Waals surface area contributed by atoms with Gasteiger partial charge in [0.05, 0.1) is 19.1 Å². The topological polar surface area (TPSA) is 63.2 Å². The van der Waals surface area contributed by atoms with Crippen LogP contribution in [0.5, 0.6) is 0 Å². The average molecular weight is 303 g/mol. The van der Waals surface area contributed by atoms with Crippen molar-refractivity contribution < 1.29 is 9.53 Å². The number of hydrogen-bond donors (Lipinski definition) is 2. The molecule has 3 rings (SSSR count). The van der Waals surface area contributed by atoms with E-state index in [1.807, 2.05) is 29.6 Å². The standard InChI is InChI=1S/C15H17N3O2S/c19-14(9-13-10-16-5-7-20-13)18-12-3-1-11(2-4-12)15-17-6-8-21-15/h1-4,6,8,13,16H,5,7,9-10H2,(H,18,19). The van der Waals surface area contributed by atoms with E-state index in [1.54, 1.807) is 17.5 Å². The number of hydrogen-bond acceptors (Lipinski definition) is 5. The molecular weight excluding hydrogens is 286 g/mol. The highest BCUT2D eigenvalue weighted by Gasteiger charge is 2.17. The minimum absolute atomic E-state index is 0.0225. The number of aromatic nitrogens is 1. The molecule has 21 heavy (non-hydrogen) atoms. The molecule has 2 heterocycles. The van der Waals surface area contributed by atoms with Gasteiger partial charge in [0, 0.05) is 35.9 Å². The molecular formula is C15H17N3O2S. The van der Waals surface area contributed by atoms with Crippen molar-refractivity contribution in [3.8, 4) is 10.6 Å². The molecule has 6 heteroatoms. The summed E-state index contributed by atoms with van der Waals surface area (Å²) in [5.41, 5.74) is 1.85. The summed E-state index contributed by atoms with van der Waals surface area (Å²) in [7, 11) is 0. The van der Waals surface area contributed by atoms with Gasteiger partial charge in [-0.05, 0) is 24.3 Å². The lowest BCUT2D eigenvalue weighted by atomic mass is 10.2. The zero-order valence-electron chi connectivity index (χ0n) is 11.5. The smallest absolute Gasteiger partial charge is 0.227 e. The quantitative estimate of drug-likeness (QED) is 0.908. The van der Waals surface area contributed by atoms with E-state index in [-0.39, 0.29) is 12.0 Å². The van der Waals surface area contributed by atoms with Crippen LogP contribution in [0.2, 0.25) is 0 Å². The third kappa shape index (κ3) is 3.87. The normalized spacial score (nSPS) is 18.4. The van der Waals surface area contributed by atoms with Gasteiger partial charge >= 0.3 is 0 Å². The maximum absolute atomic E-state index is 12.0. The van der Waals surface area contributed by atoms with E-state index in [0.29, 0.717) is 13.0 Å². The maximum atomic E-state index is 12.0. The van der Waals surface area contributed by atoms with E-state index in [2.05, 4.69) is 15.6 Å². The van der Waals surface area contributed by atoms with E-state index >= 15 is 0 Å². The van der Waals surface area contributed by atoms with Gasteiger partial charge < -0.3 is 15.4 Å². The lowest BCUT2D eigenvalue weighted by molar-refractivity contribution is -0.119. The van der Waals surface area contributed by atoms with Gasteiger partial charge in [0.2, 0.25) is 5.91 Å². The molecule has 1 aromatic heterocycles. The van der Waals surface area contributed by atoms with Crippen molar-refractivity contribution in [2.45, 2.75) is 12.5 Å². The molecule has 1 atom stereocenters. The van der Waals surface area contributed by atoms with Crippen LogP contribution in [0.15, 0.2) is 35.8 Å². The van der Waals surface area contributed by atoms with Crippen LogP contribution in [0.4, 0.5) is 5.69 Å². The van der Waals surface area contributed by atoms with E-state index in [0.717, 1.165) is 29.3 Å². The molecule has 1 saturated heterocycles. The summed E-state index contributed by atoms with van der Waals surface area (Å²) in [5.74, 6) is -0.0225. The Morgan fingerprint density at radius 1 is 1.43 bits per heavy atom. The van der Waals surface area contributed by atoms with Crippen LogP contribution in [0, 0.1) is 0 Å². The van der Waals surface area contributed by atoms with E-state index < -0.39 is 0 Å². The van der Waals surface area contributed by atoms with Crippen LogP contribution in [-0.2, 0) is 9.53 Å². The SMILES string of the molecule is O=C(CC1CNCCO1)Nc1ccc(-c2nccs2)cc1. The lowest BCUT2D eigenvalue weighted by Gasteiger charge is -2.23. The Bertz CT molecular complexity index is 577. The zero-order chi connectivity index (χ0) is 14.5. The van der Waals surface area contributed by atoms with Crippen LogP contribution >= 0.6 is 11.3 Å². The molecule has 0 aliphatic carbocycles. The van der Waals surface area contributed by atoms with Crippen LogP contribution in [0.25, 0.3) is 10.6 Å². The van der Waals surface area contributed by atoms with Crippen molar-refractivity contribution in [3.05, 3.63) is 35.8 Å². The number of thiazole rings is 1. The summed E-state index contributed by atoms with van der Waals surface area (Å²) in [5, 5.41) is 9.04. The number of ether oxygens (including phenoxy) is 1. The Morgan fingerprint density at radius 2 is 2.29 bits per heavy atom. The molecule has 0 radical (unpaired) electrons. The summed E-state index contributed by atoms with van der Waals surface area (Å²) in [6, 6.07) is 7.73. The van der Waals surface area contributed by atoms with Gasteiger partial charge in [-0.25, -0.2) is 4.98 Å². The average Bonchev–Trinajstić information content (AvgIpc) is 3.03. The molecule has 0 spiro atoms. The number of nitrogens with zero attached hydrogens (tertiary/aromatic N) is 1. The number of benzene rings is 1. The number of nitrogens with one attached hydrogen (secondary N) is 2. The second-order valence-electron chi connectivity index (χ2n) is 4.86. The summed E-state index contributed by atoms with van der Waals surface area (Å²) < 4.78 is 5.52. The Hall–Kier alpha value is -1.76. The highest BCUT2D eigenvalue weighted by Crippen LogP contribution is 2.23. The first-order valence-corrected chi connectivity index (χ1v) is 7.81. The summed E-state index contributed by atoms with van der Waals surface area (Å²) in [6.45, 7) is 2.26. The first kappa shape index (κ1) is 14.2.